The van der Waals surface area contributed by atoms with Crippen molar-refractivity contribution < 1.29 is 28.8 Å². The number of hydrazone groups is 1. The van der Waals surface area contributed by atoms with Crippen molar-refractivity contribution in [3.05, 3.63) is 94.0 Å². The molecule has 2 N–H and O–H groups in total. The molecule has 184 valence electrons. The number of hydrogen-bond donors (Lipinski definition) is 2. The van der Waals surface area contributed by atoms with Gasteiger partial charge < -0.3 is 14.8 Å². The number of anilines is 1. The number of benzene rings is 3. The predicted octanol–water partition coefficient (Wildman–Crippen LogP) is 3.69. The lowest BCUT2D eigenvalue weighted by Crippen LogP contribution is -2.33. The summed E-state index contributed by atoms with van der Waals surface area (Å²) in [6.07, 6.45) is 0. The highest BCUT2D eigenvalue weighted by Crippen LogP contribution is 2.23. The molecule has 3 aromatic carbocycles. The van der Waals surface area contributed by atoms with Crippen LogP contribution in [0.1, 0.15) is 29.8 Å². The van der Waals surface area contributed by atoms with E-state index in [1.54, 1.807) is 50.2 Å². The Morgan fingerprint density at radius 1 is 0.944 bits per heavy atom. The third kappa shape index (κ3) is 6.50. The monoisotopic (exact) mass is 490 g/mol. The zero-order chi connectivity index (χ0) is 26.1. The molecule has 3 aromatic rings. The number of nitrogens with one attached hydrogen (secondary N) is 2. The maximum atomic E-state index is 12.3. The summed E-state index contributed by atoms with van der Waals surface area (Å²) in [5.74, 6) is -2.18. The number of hydrogen-bond acceptors (Lipinski definition) is 8. The molecule has 11 heteroatoms. The number of carbonyl (C=O) groups excluding carboxylic acids is 3. The van der Waals surface area contributed by atoms with Gasteiger partial charge in [-0.1, -0.05) is 24.3 Å². The molecule has 3 rings (SSSR count). The highest BCUT2D eigenvalue weighted by molar-refractivity contribution is 6.39. The number of esters is 1. The number of nitro benzene ring substituents is 1. The molecule has 11 nitrogen and oxygen atoms in total. The molecular formula is C25H22N4O7. The van der Waals surface area contributed by atoms with E-state index in [1.165, 1.54) is 36.4 Å². The smallest absolute Gasteiger partial charge is 0.350 e. The fraction of sp³-hybridized carbons (Fsp3) is 0.120. The van der Waals surface area contributed by atoms with Gasteiger partial charge in [0.1, 0.15) is 17.1 Å². The lowest BCUT2D eigenvalue weighted by atomic mass is 10.1. The van der Waals surface area contributed by atoms with Crippen LogP contribution in [0.25, 0.3) is 0 Å². The molecule has 0 atom stereocenters. The Morgan fingerprint density at radius 3 is 2.31 bits per heavy atom. The van der Waals surface area contributed by atoms with Gasteiger partial charge in [-0.25, -0.2) is 10.2 Å². The maximum absolute atomic E-state index is 12.3. The SMILES string of the molecule is CCOc1ccccc1NC(=O)C(=O)N/N=C(\C)c1ccc(OC(=O)c2ccccc2[N+](=O)[O-])cc1. The number of nitro groups is 1. The van der Waals surface area contributed by atoms with E-state index in [-0.39, 0.29) is 17.0 Å². The van der Waals surface area contributed by atoms with Crippen LogP contribution >= 0.6 is 0 Å². The van der Waals surface area contributed by atoms with Crippen molar-refractivity contribution in [1.82, 2.24) is 5.43 Å². The fourth-order valence-corrected chi connectivity index (χ4v) is 3.01. The number of amides is 2. The molecule has 0 fully saturated rings. The molecule has 0 saturated heterocycles. The first kappa shape index (κ1) is 25.6. The van der Waals surface area contributed by atoms with Crippen LogP contribution in [0.4, 0.5) is 11.4 Å². The minimum Gasteiger partial charge on any atom is -0.492 e. The van der Waals surface area contributed by atoms with E-state index in [1.807, 2.05) is 0 Å². The summed E-state index contributed by atoms with van der Waals surface area (Å²) in [5, 5.41) is 17.5. The highest BCUT2D eigenvalue weighted by atomic mass is 16.6. The van der Waals surface area contributed by atoms with Crippen molar-refractivity contribution in [3.63, 3.8) is 0 Å². The first-order valence-corrected chi connectivity index (χ1v) is 10.7. The minimum atomic E-state index is -0.976. The Bertz CT molecular complexity index is 1320. The molecule has 0 unspecified atom stereocenters. The summed E-state index contributed by atoms with van der Waals surface area (Å²) in [7, 11) is 0. The first-order chi connectivity index (χ1) is 17.3. The van der Waals surface area contributed by atoms with Crippen molar-refractivity contribution in [1.29, 1.82) is 0 Å². The molecular weight excluding hydrogens is 468 g/mol. The Labute approximate surface area is 205 Å². The summed E-state index contributed by atoms with van der Waals surface area (Å²) in [5.41, 5.74) is 2.96. The van der Waals surface area contributed by atoms with Gasteiger partial charge in [-0.3, -0.25) is 19.7 Å². The second kappa shape index (κ2) is 11.9. The van der Waals surface area contributed by atoms with E-state index >= 15 is 0 Å². The highest BCUT2D eigenvalue weighted by Gasteiger charge is 2.21. The molecule has 0 aliphatic rings. The number of rotatable bonds is 8. The van der Waals surface area contributed by atoms with Crippen molar-refractivity contribution in [2.75, 3.05) is 11.9 Å². The first-order valence-electron chi connectivity index (χ1n) is 10.7. The maximum Gasteiger partial charge on any atom is 0.350 e. The fourth-order valence-electron chi connectivity index (χ4n) is 3.01. The van der Waals surface area contributed by atoms with Crippen LogP contribution in [0.5, 0.6) is 11.5 Å². The van der Waals surface area contributed by atoms with E-state index in [2.05, 4.69) is 15.8 Å². The third-order valence-corrected chi connectivity index (χ3v) is 4.77. The predicted molar refractivity (Wildman–Crippen MR) is 131 cm³/mol. The van der Waals surface area contributed by atoms with Crippen LogP contribution in [-0.2, 0) is 9.59 Å². The second-order valence-corrected chi connectivity index (χ2v) is 7.21. The summed E-state index contributed by atoms with van der Waals surface area (Å²) < 4.78 is 10.6. The molecule has 0 heterocycles. The summed E-state index contributed by atoms with van der Waals surface area (Å²) in [6.45, 7) is 3.80. The van der Waals surface area contributed by atoms with E-state index in [0.717, 1.165) is 0 Å². The van der Waals surface area contributed by atoms with Crippen LogP contribution < -0.4 is 20.2 Å². The number of para-hydroxylation sites is 3. The third-order valence-electron chi connectivity index (χ3n) is 4.77. The molecule has 0 bridgehead atoms. The lowest BCUT2D eigenvalue weighted by molar-refractivity contribution is -0.385. The van der Waals surface area contributed by atoms with Crippen molar-refractivity contribution in [2.24, 2.45) is 5.10 Å². The Balaban J connectivity index is 1.61. The van der Waals surface area contributed by atoms with Crippen LogP contribution in [0, 0.1) is 10.1 Å². The molecule has 0 aromatic heterocycles. The largest absolute Gasteiger partial charge is 0.492 e. The minimum absolute atomic E-state index is 0.158. The molecule has 0 aliphatic carbocycles. The zero-order valence-corrected chi connectivity index (χ0v) is 19.4. The molecule has 2 amide bonds. The van der Waals surface area contributed by atoms with E-state index in [4.69, 9.17) is 9.47 Å². The topological polar surface area (TPSA) is 149 Å². The van der Waals surface area contributed by atoms with Gasteiger partial charge in [-0.05, 0) is 61.9 Å². The van der Waals surface area contributed by atoms with Crippen molar-refractivity contribution in [3.8, 4) is 11.5 Å². The Kier molecular flexibility index (Phi) is 8.44. The lowest BCUT2D eigenvalue weighted by Gasteiger charge is -2.10. The van der Waals surface area contributed by atoms with Crippen LogP contribution in [0.3, 0.4) is 0 Å². The van der Waals surface area contributed by atoms with Gasteiger partial charge in [-0.2, -0.15) is 5.10 Å². The number of carbonyl (C=O) groups is 3. The zero-order valence-electron chi connectivity index (χ0n) is 19.4. The standard InChI is InChI=1S/C25H22N4O7/c1-3-35-22-11-7-5-9-20(22)26-23(30)24(31)28-27-16(2)17-12-14-18(15-13-17)36-25(32)19-8-4-6-10-21(19)29(33)34/h4-15H,3H2,1-2H3,(H,26,30)(H,28,31)/b27-16+. The molecule has 0 saturated carbocycles. The molecule has 0 aliphatic heterocycles. The van der Waals surface area contributed by atoms with Gasteiger partial charge in [-0.15, -0.1) is 0 Å². The number of ether oxygens (including phenoxy) is 2. The van der Waals surface area contributed by atoms with Gasteiger partial charge in [0.2, 0.25) is 0 Å². The summed E-state index contributed by atoms with van der Waals surface area (Å²) >= 11 is 0. The van der Waals surface area contributed by atoms with E-state index in [0.29, 0.717) is 29.3 Å². The van der Waals surface area contributed by atoms with Gasteiger partial charge in [0.15, 0.2) is 0 Å². The van der Waals surface area contributed by atoms with Gasteiger partial charge in [0.05, 0.1) is 22.9 Å². The second-order valence-electron chi connectivity index (χ2n) is 7.21. The molecule has 0 radical (unpaired) electrons. The summed E-state index contributed by atoms with van der Waals surface area (Å²) in [6, 6.07) is 18.3. The van der Waals surface area contributed by atoms with E-state index < -0.39 is 22.7 Å². The van der Waals surface area contributed by atoms with Crippen LogP contribution in [-0.4, -0.2) is 35.0 Å². The Morgan fingerprint density at radius 2 is 1.61 bits per heavy atom. The van der Waals surface area contributed by atoms with E-state index in [9.17, 15) is 24.5 Å². The van der Waals surface area contributed by atoms with Crippen LogP contribution in [0.2, 0.25) is 0 Å². The van der Waals surface area contributed by atoms with Crippen LogP contribution in [0.15, 0.2) is 77.9 Å². The molecule has 36 heavy (non-hydrogen) atoms. The van der Waals surface area contributed by atoms with Gasteiger partial charge >= 0.3 is 17.8 Å². The Hall–Kier alpha value is -5.06. The quantitative estimate of drug-likeness (QED) is 0.122. The summed E-state index contributed by atoms with van der Waals surface area (Å²) in [4.78, 5) is 47.2. The van der Waals surface area contributed by atoms with Gasteiger partial charge in [0.25, 0.3) is 5.69 Å². The van der Waals surface area contributed by atoms with Crippen molar-refractivity contribution >= 4 is 34.9 Å². The average molecular weight is 490 g/mol. The molecule has 0 spiro atoms. The number of nitrogens with zero attached hydrogens (tertiary/aromatic N) is 2. The van der Waals surface area contributed by atoms with Crippen molar-refractivity contribution in [2.45, 2.75) is 13.8 Å². The average Bonchev–Trinajstić information content (AvgIpc) is 2.88. The normalized spacial score (nSPS) is 10.8. The van der Waals surface area contributed by atoms with Gasteiger partial charge in [0, 0.05) is 6.07 Å².